The summed E-state index contributed by atoms with van der Waals surface area (Å²) in [7, 11) is 0. The molecule has 1 aromatic carbocycles. The van der Waals surface area contributed by atoms with Crippen LogP contribution in [0.5, 0.6) is 0 Å². The number of rotatable bonds is 4. The minimum Gasteiger partial charge on any atom is -0.287 e. The number of nitrogens with zero attached hydrogens (tertiary/aromatic N) is 3. The third-order valence-electron chi connectivity index (χ3n) is 2.76. The van der Waals surface area contributed by atoms with Crippen LogP contribution in [0.4, 0.5) is 0 Å². The van der Waals surface area contributed by atoms with E-state index in [9.17, 15) is 4.79 Å². The van der Waals surface area contributed by atoms with Gasteiger partial charge in [-0.15, -0.1) is 5.10 Å². The molecule has 18 heavy (non-hydrogen) atoms. The van der Waals surface area contributed by atoms with Gasteiger partial charge in [0.2, 0.25) is 5.78 Å². The number of carbonyl (C=O) groups is 1. The standard InChI is InChI=1S/C13H14BrN3O/c1-3-11-12(17(4-2)16-15-11)13(18)9-5-7-10(14)8-6-9/h5-8H,3-4H2,1-2H3. The van der Waals surface area contributed by atoms with Crippen molar-refractivity contribution in [2.75, 3.05) is 0 Å². The largest absolute Gasteiger partial charge is 0.287 e. The number of halogens is 1. The summed E-state index contributed by atoms with van der Waals surface area (Å²) in [6.07, 6.45) is 0.706. The average Bonchev–Trinajstić information content (AvgIpc) is 2.81. The van der Waals surface area contributed by atoms with E-state index < -0.39 is 0 Å². The Morgan fingerprint density at radius 3 is 2.50 bits per heavy atom. The fraction of sp³-hybridized carbons (Fsp3) is 0.308. The van der Waals surface area contributed by atoms with Gasteiger partial charge in [0.1, 0.15) is 5.69 Å². The van der Waals surface area contributed by atoms with E-state index in [0.717, 1.165) is 10.2 Å². The predicted octanol–water partition coefficient (Wildman–Crippen LogP) is 2.85. The van der Waals surface area contributed by atoms with Gasteiger partial charge >= 0.3 is 0 Å². The second kappa shape index (κ2) is 5.44. The van der Waals surface area contributed by atoms with E-state index in [0.29, 0.717) is 24.2 Å². The first-order chi connectivity index (χ1) is 8.67. The molecule has 1 aromatic heterocycles. The lowest BCUT2D eigenvalue weighted by molar-refractivity contribution is 0.102. The van der Waals surface area contributed by atoms with E-state index in [1.54, 1.807) is 16.8 Å². The highest BCUT2D eigenvalue weighted by molar-refractivity contribution is 9.10. The quantitative estimate of drug-likeness (QED) is 0.816. The molecule has 0 saturated heterocycles. The summed E-state index contributed by atoms with van der Waals surface area (Å²) >= 11 is 3.36. The molecule has 5 heteroatoms. The Balaban J connectivity index is 2.44. The number of aryl methyl sites for hydroxylation is 2. The van der Waals surface area contributed by atoms with E-state index in [1.807, 2.05) is 26.0 Å². The molecule has 1 heterocycles. The van der Waals surface area contributed by atoms with Crippen LogP contribution < -0.4 is 0 Å². The SMILES string of the molecule is CCc1nnn(CC)c1C(=O)c1ccc(Br)cc1. The number of hydrogen-bond donors (Lipinski definition) is 0. The van der Waals surface area contributed by atoms with Crippen molar-refractivity contribution in [2.24, 2.45) is 0 Å². The second-order valence-electron chi connectivity index (χ2n) is 3.89. The highest BCUT2D eigenvalue weighted by Gasteiger charge is 2.19. The topological polar surface area (TPSA) is 47.8 Å². The molecule has 2 aromatic rings. The second-order valence-corrected chi connectivity index (χ2v) is 4.81. The van der Waals surface area contributed by atoms with E-state index >= 15 is 0 Å². The summed E-state index contributed by atoms with van der Waals surface area (Å²) in [5.74, 6) is -0.0220. The third kappa shape index (κ3) is 2.36. The Bertz CT molecular complexity index is 539. The molecule has 0 bridgehead atoms. The van der Waals surface area contributed by atoms with Crippen molar-refractivity contribution < 1.29 is 4.79 Å². The van der Waals surface area contributed by atoms with Gasteiger partial charge < -0.3 is 0 Å². The molecule has 0 aliphatic rings. The van der Waals surface area contributed by atoms with Gasteiger partial charge in [-0.3, -0.25) is 4.79 Å². The molecule has 0 spiro atoms. The Hall–Kier alpha value is -1.49. The molecule has 0 radical (unpaired) electrons. The average molecular weight is 308 g/mol. The molecule has 0 aliphatic heterocycles. The molecular formula is C13H14BrN3O. The van der Waals surface area contributed by atoms with Gasteiger partial charge in [-0.1, -0.05) is 28.1 Å². The summed E-state index contributed by atoms with van der Waals surface area (Å²) in [6, 6.07) is 7.33. The summed E-state index contributed by atoms with van der Waals surface area (Å²) in [5.41, 5.74) is 2.01. The highest BCUT2D eigenvalue weighted by Crippen LogP contribution is 2.16. The molecule has 0 unspecified atom stereocenters. The molecule has 0 atom stereocenters. The zero-order valence-electron chi connectivity index (χ0n) is 10.4. The highest BCUT2D eigenvalue weighted by atomic mass is 79.9. The van der Waals surface area contributed by atoms with Crippen molar-refractivity contribution in [1.82, 2.24) is 15.0 Å². The van der Waals surface area contributed by atoms with Crippen LogP contribution in [0.1, 0.15) is 35.6 Å². The van der Waals surface area contributed by atoms with Crippen molar-refractivity contribution in [2.45, 2.75) is 26.8 Å². The Morgan fingerprint density at radius 1 is 1.28 bits per heavy atom. The predicted molar refractivity (Wildman–Crippen MR) is 72.6 cm³/mol. The maximum Gasteiger partial charge on any atom is 0.212 e. The number of aromatic nitrogens is 3. The Labute approximate surface area is 114 Å². The van der Waals surface area contributed by atoms with Crippen LogP contribution in [0.2, 0.25) is 0 Å². The molecule has 0 N–H and O–H groups in total. The molecule has 0 amide bonds. The van der Waals surface area contributed by atoms with Gasteiger partial charge in [0.15, 0.2) is 0 Å². The van der Waals surface area contributed by atoms with Gasteiger partial charge in [-0.2, -0.15) is 0 Å². The lowest BCUT2D eigenvalue weighted by atomic mass is 10.1. The zero-order valence-corrected chi connectivity index (χ0v) is 11.9. The van der Waals surface area contributed by atoms with Crippen LogP contribution in [0.25, 0.3) is 0 Å². The van der Waals surface area contributed by atoms with Crippen LogP contribution in [-0.4, -0.2) is 20.8 Å². The molecule has 0 saturated carbocycles. The van der Waals surface area contributed by atoms with Gasteiger partial charge in [0, 0.05) is 16.6 Å². The first-order valence-corrected chi connectivity index (χ1v) is 6.69. The minimum absolute atomic E-state index is 0.0220. The zero-order chi connectivity index (χ0) is 13.1. The minimum atomic E-state index is -0.0220. The normalized spacial score (nSPS) is 10.6. The first-order valence-electron chi connectivity index (χ1n) is 5.90. The van der Waals surface area contributed by atoms with E-state index in [2.05, 4.69) is 26.2 Å². The van der Waals surface area contributed by atoms with E-state index in [-0.39, 0.29) is 5.78 Å². The Morgan fingerprint density at radius 2 is 1.94 bits per heavy atom. The smallest absolute Gasteiger partial charge is 0.212 e. The maximum absolute atomic E-state index is 12.5. The lowest BCUT2D eigenvalue weighted by Crippen LogP contribution is -2.12. The van der Waals surface area contributed by atoms with Crippen LogP contribution in [-0.2, 0) is 13.0 Å². The van der Waals surface area contributed by atoms with Gasteiger partial charge in [-0.05, 0) is 37.6 Å². The van der Waals surface area contributed by atoms with Crippen LogP contribution in [0.3, 0.4) is 0 Å². The van der Waals surface area contributed by atoms with Crippen molar-refractivity contribution in [3.63, 3.8) is 0 Å². The van der Waals surface area contributed by atoms with Crippen LogP contribution in [0, 0.1) is 0 Å². The number of benzene rings is 1. The summed E-state index contributed by atoms with van der Waals surface area (Å²) in [5, 5.41) is 8.06. The number of carbonyl (C=O) groups excluding carboxylic acids is 1. The summed E-state index contributed by atoms with van der Waals surface area (Å²) < 4.78 is 2.61. The summed E-state index contributed by atoms with van der Waals surface area (Å²) in [6.45, 7) is 4.57. The maximum atomic E-state index is 12.5. The molecule has 2 rings (SSSR count). The van der Waals surface area contributed by atoms with Gasteiger partial charge in [0.05, 0.1) is 5.69 Å². The van der Waals surface area contributed by atoms with E-state index in [1.165, 1.54) is 0 Å². The third-order valence-corrected chi connectivity index (χ3v) is 3.29. The van der Waals surface area contributed by atoms with Crippen LogP contribution in [0.15, 0.2) is 28.7 Å². The fourth-order valence-electron chi connectivity index (χ4n) is 1.79. The lowest BCUT2D eigenvalue weighted by Gasteiger charge is -2.04. The Kier molecular flexibility index (Phi) is 3.91. The van der Waals surface area contributed by atoms with Gasteiger partial charge in [0.25, 0.3) is 0 Å². The van der Waals surface area contributed by atoms with E-state index in [4.69, 9.17) is 0 Å². The molecule has 0 fully saturated rings. The summed E-state index contributed by atoms with van der Waals surface area (Å²) in [4.78, 5) is 12.5. The van der Waals surface area contributed by atoms with Gasteiger partial charge in [-0.25, -0.2) is 4.68 Å². The number of ketones is 1. The van der Waals surface area contributed by atoms with Crippen molar-refractivity contribution in [1.29, 1.82) is 0 Å². The van der Waals surface area contributed by atoms with Crippen molar-refractivity contribution >= 4 is 21.7 Å². The molecular weight excluding hydrogens is 294 g/mol. The van der Waals surface area contributed by atoms with Crippen molar-refractivity contribution in [3.8, 4) is 0 Å². The molecule has 0 aliphatic carbocycles. The molecule has 4 nitrogen and oxygen atoms in total. The fourth-order valence-corrected chi connectivity index (χ4v) is 2.06. The number of hydrogen-bond acceptors (Lipinski definition) is 3. The monoisotopic (exact) mass is 307 g/mol. The molecule has 94 valence electrons. The van der Waals surface area contributed by atoms with Crippen molar-refractivity contribution in [3.05, 3.63) is 45.7 Å². The van der Waals surface area contributed by atoms with Crippen LogP contribution >= 0.6 is 15.9 Å². The first kappa shape index (κ1) is 13.0.